The Morgan fingerprint density at radius 3 is 2.92 bits per heavy atom. The highest BCUT2D eigenvalue weighted by Crippen LogP contribution is 2.28. The van der Waals surface area contributed by atoms with Crippen molar-refractivity contribution in [2.75, 3.05) is 32.7 Å². The average Bonchev–Trinajstić information content (AvgIpc) is 3.03. The Hall–Kier alpha value is -1.45. The van der Waals surface area contributed by atoms with E-state index >= 15 is 0 Å². The van der Waals surface area contributed by atoms with Gasteiger partial charge in [-0.3, -0.25) is 9.58 Å². The number of nitrogens with zero attached hydrogens (tertiary/aromatic N) is 3. The van der Waals surface area contributed by atoms with Crippen molar-refractivity contribution in [3.05, 3.63) is 47.2 Å². The minimum atomic E-state index is -3.53. The lowest BCUT2D eigenvalue weighted by Crippen LogP contribution is -2.48. The van der Waals surface area contributed by atoms with Gasteiger partial charge in [-0.2, -0.15) is 5.10 Å². The molecule has 1 aromatic carbocycles. The normalized spacial score (nSPS) is 19.2. The Balaban J connectivity index is 1.64. The van der Waals surface area contributed by atoms with Crippen LogP contribution in [0.25, 0.3) is 0 Å². The summed E-state index contributed by atoms with van der Waals surface area (Å²) in [6, 6.07) is 7.92. The topological polar surface area (TPSA) is 79.3 Å². The fourth-order valence-corrected chi connectivity index (χ4v) is 4.28. The van der Waals surface area contributed by atoms with Gasteiger partial charge in [-0.05, 0) is 11.6 Å². The van der Waals surface area contributed by atoms with E-state index in [1.165, 1.54) is 17.1 Å². The molecule has 2 heterocycles. The smallest absolute Gasteiger partial charge is 0.243 e. The number of aryl methyl sites for hydroxylation is 1. The predicted molar refractivity (Wildman–Crippen MR) is 97.0 cm³/mol. The van der Waals surface area contributed by atoms with Crippen LogP contribution in [0.3, 0.4) is 0 Å². The van der Waals surface area contributed by atoms with Crippen LogP contribution in [0, 0.1) is 0 Å². The molecule has 2 N–H and O–H groups in total. The molecule has 3 rings (SSSR count). The molecule has 1 aliphatic heterocycles. The molecular formula is C16H22ClN5O2S. The summed E-state index contributed by atoms with van der Waals surface area (Å²) >= 11 is 6.34. The second-order valence-electron chi connectivity index (χ2n) is 6.02. The van der Waals surface area contributed by atoms with Crippen LogP contribution in [0.1, 0.15) is 11.6 Å². The summed E-state index contributed by atoms with van der Waals surface area (Å²) in [5.74, 6) is 0. The molecule has 2 aromatic rings. The van der Waals surface area contributed by atoms with Crippen LogP contribution >= 0.6 is 11.6 Å². The molecular weight excluding hydrogens is 362 g/mol. The molecule has 0 saturated carbocycles. The van der Waals surface area contributed by atoms with Crippen molar-refractivity contribution >= 4 is 21.6 Å². The third-order valence-electron chi connectivity index (χ3n) is 4.30. The molecule has 1 atom stereocenters. The number of sulfonamides is 1. The molecule has 0 amide bonds. The van der Waals surface area contributed by atoms with Crippen molar-refractivity contribution in [2.24, 2.45) is 7.05 Å². The van der Waals surface area contributed by atoms with Crippen LogP contribution < -0.4 is 10.0 Å². The molecule has 0 aliphatic carbocycles. The summed E-state index contributed by atoms with van der Waals surface area (Å²) in [6.45, 7) is 3.44. The number of benzene rings is 1. The summed E-state index contributed by atoms with van der Waals surface area (Å²) in [6.07, 6.45) is 2.83. The van der Waals surface area contributed by atoms with Crippen molar-refractivity contribution in [1.29, 1.82) is 0 Å². The number of halogens is 1. The van der Waals surface area contributed by atoms with E-state index in [0.717, 1.165) is 30.2 Å². The number of aromatic nitrogens is 2. The fourth-order valence-electron chi connectivity index (χ4n) is 3.01. The Labute approximate surface area is 153 Å². The largest absolute Gasteiger partial charge is 0.314 e. The second-order valence-corrected chi connectivity index (χ2v) is 8.20. The molecule has 1 saturated heterocycles. The Kier molecular flexibility index (Phi) is 5.75. The van der Waals surface area contributed by atoms with Crippen molar-refractivity contribution in [2.45, 2.75) is 10.9 Å². The molecule has 0 spiro atoms. The minimum Gasteiger partial charge on any atom is -0.314 e. The van der Waals surface area contributed by atoms with Gasteiger partial charge in [0.1, 0.15) is 4.90 Å². The van der Waals surface area contributed by atoms with Gasteiger partial charge in [-0.15, -0.1) is 0 Å². The van der Waals surface area contributed by atoms with E-state index in [-0.39, 0.29) is 10.9 Å². The first-order valence-electron chi connectivity index (χ1n) is 8.15. The van der Waals surface area contributed by atoms with Gasteiger partial charge in [0, 0.05) is 57.0 Å². The maximum absolute atomic E-state index is 12.3. The zero-order chi connectivity index (χ0) is 17.9. The summed E-state index contributed by atoms with van der Waals surface area (Å²) in [5, 5.41) is 8.02. The summed E-state index contributed by atoms with van der Waals surface area (Å²) in [7, 11) is -1.84. The van der Waals surface area contributed by atoms with Crippen molar-refractivity contribution in [1.82, 2.24) is 24.7 Å². The van der Waals surface area contributed by atoms with E-state index in [0.29, 0.717) is 13.1 Å². The number of rotatable bonds is 6. The highest BCUT2D eigenvalue weighted by molar-refractivity contribution is 7.89. The Morgan fingerprint density at radius 1 is 1.40 bits per heavy atom. The molecule has 7 nitrogen and oxygen atoms in total. The first-order chi connectivity index (χ1) is 12.0. The number of nitrogens with one attached hydrogen (secondary N) is 2. The maximum Gasteiger partial charge on any atom is 0.243 e. The lowest BCUT2D eigenvalue weighted by molar-refractivity contribution is 0.165. The van der Waals surface area contributed by atoms with Gasteiger partial charge in [0.25, 0.3) is 0 Å². The zero-order valence-electron chi connectivity index (χ0n) is 14.0. The minimum absolute atomic E-state index is 0.130. The summed E-state index contributed by atoms with van der Waals surface area (Å²) < 4.78 is 28.7. The highest BCUT2D eigenvalue weighted by atomic mass is 35.5. The number of hydrogen-bond donors (Lipinski definition) is 2. The zero-order valence-corrected chi connectivity index (χ0v) is 15.6. The van der Waals surface area contributed by atoms with E-state index in [2.05, 4.69) is 20.0 Å². The van der Waals surface area contributed by atoms with Crippen molar-refractivity contribution in [3.63, 3.8) is 0 Å². The van der Waals surface area contributed by atoms with Gasteiger partial charge in [0.05, 0.1) is 6.20 Å². The van der Waals surface area contributed by atoms with E-state index < -0.39 is 10.0 Å². The van der Waals surface area contributed by atoms with Crippen LogP contribution in [0.5, 0.6) is 0 Å². The summed E-state index contributed by atoms with van der Waals surface area (Å²) in [5.41, 5.74) is 1.06. The quantitative estimate of drug-likeness (QED) is 0.778. The Bertz CT molecular complexity index is 823. The number of piperazine rings is 1. The van der Waals surface area contributed by atoms with Crippen LogP contribution in [0.2, 0.25) is 5.02 Å². The van der Waals surface area contributed by atoms with Crippen molar-refractivity contribution < 1.29 is 8.42 Å². The van der Waals surface area contributed by atoms with E-state index in [4.69, 9.17) is 11.6 Å². The van der Waals surface area contributed by atoms with Gasteiger partial charge in [-0.25, -0.2) is 13.1 Å². The van der Waals surface area contributed by atoms with Gasteiger partial charge in [0.2, 0.25) is 10.0 Å². The predicted octanol–water partition coefficient (Wildman–Crippen LogP) is 0.998. The summed E-state index contributed by atoms with van der Waals surface area (Å²) in [4.78, 5) is 2.43. The van der Waals surface area contributed by atoms with Crippen molar-refractivity contribution in [3.8, 4) is 0 Å². The standard InChI is InChI=1S/C16H22ClN5O2S/c1-21-12-13(10-19-21)25(23,24)20-7-9-22-8-6-18-11-16(22)14-4-2-3-5-15(14)17/h2-5,10,12,16,18,20H,6-9,11H2,1H3. The van der Waals surface area contributed by atoms with E-state index in [1.807, 2.05) is 24.3 Å². The molecule has 0 radical (unpaired) electrons. The molecule has 1 fully saturated rings. The van der Waals surface area contributed by atoms with Gasteiger partial charge in [-0.1, -0.05) is 29.8 Å². The monoisotopic (exact) mass is 383 g/mol. The SMILES string of the molecule is Cn1cc(S(=O)(=O)NCCN2CCNCC2c2ccccc2Cl)cn1. The molecule has 9 heteroatoms. The van der Waals surface area contributed by atoms with Crippen LogP contribution in [-0.4, -0.2) is 55.8 Å². The molecule has 0 bridgehead atoms. The maximum atomic E-state index is 12.3. The molecule has 136 valence electrons. The first-order valence-corrected chi connectivity index (χ1v) is 10.0. The van der Waals surface area contributed by atoms with Crippen LogP contribution in [-0.2, 0) is 17.1 Å². The third-order valence-corrected chi connectivity index (χ3v) is 6.06. The molecule has 25 heavy (non-hydrogen) atoms. The van der Waals surface area contributed by atoms with Gasteiger partial charge in [0.15, 0.2) is 0 Å². The van der Waals surface area contributed by atoms with E-state index in [1.54, 1.807) is 7.05 Å². The second kappa shape index (κ2) is 7.84. The average molecular weight is 384 g/mol. The fraction of sp³-hybridized carbons (Fsp3) is 0.438. The van der Waals surface area contributed by atoms with Gasteiger partial charge < -0.3 is 5.32 Å². The van der Waals surface area contributed by atoms with Gasteiger partial charge >= 0.3 is 0 Å². The highest BCUT2D eigenvalue weighted by Gasteiger charge is 2.25. The van der Waals surface area contributed by atoms with E-state index in [9.17, 15) is 8.42 Å². The Morgan fingerprint density at radius 2 is 2.20 bits per heavy atom. The lowest BCUT2D eigenvalue weighted by Gasteiger charge is -2.36. The van der Waals surface area contributed by atoms with Crippen LogP contribution in [0.4, 0.5) is 0 Å². The molecule has 1 aromatic heterocycles. The first kappa shape index (κ1) is 18.3. The molecule has 1 unspecified atom stereocenters. The van der Waals surface area contributed by atoms with Crippen LogP contribution in [0.15, 0.2) is 41.6 Å². The lowest BCUT2D eigenvalue weighted by atomic mass is 10.0. The number of hydrogen-bond acceptors (Lipinski definition) is 5. The molecule has 1 aliphatic rings. The third kappa shape index (κ3) is 4.39.